The third-order valence-corrected chi connectivity index (χ3v) is 3.84. The molecule has 3 nitrogen and oxygen atoms in total. The van der Waals surface area contributed by atoms with E-state index in [-0.39, 0.29) is 6.61 Å². The van der Waals surface area contributed by atoms with E-state index in [0.29, 0.717) is 13.1 Å². The molecule has 0 amide bonds. The van der Waals surface area contributed by atoms with E-state index < -0.39 is 10.4 Å². The molecule has 0 aromatic heterocycles. The third kappa shape index (κ3) is 3.83. The van der Waals surface area contributed by atoms with Crippen LogP contribution in [0.25, 0.3) is 0 Å². The first-order valence-electron chi connectivity index (χ1n) is 5.44. The Kier molecular flexibility index (Phi) is 5.70. The van der Waals surface area contributed by atoms with Gasteiger partial charge in [-0.05, 0) is 18.1 Å². The van der Waals surface area contributed by atoms with Crippen LogP contribution in [0.3, 0.4) is 0 Å². The lowest BCUT2D eigenvalue weighted by molar-refractivity contribution is 0.279. The van der Waals surface area contributed by atoms with E-state index in [2.05, 4.69) is 5.32 Å². The van der Waals surface area contributed by atoms with E-state index in [1.54, 1.807) is 0 Å². The maximum atomic E-state index is 9.21. The number of hydrogen-bond acceptors (Lipinski definition) is 3. The Morgan fingerprint density at radius 1 is 1.35 bits per heavy atom. The number of nitrogens with two attached hydrogens (primary N) is 1. The molecule has 0 aliphatic rings. The van der Waals surface area contributed by atoms with Gasteiger partial charge in [0.15, 0.2) is 0 Å². The largest absolute Gasteiger partial charge is 0.392 e. The fraction of sp³-hybridized carbons (Fsp3) is 0.500. The molecule has 0 fully saturated rings. The van der Waals surface area contributed by atoms with Gasteiger partial charge in [-0.25, -0.2) is 0 Å². The molecule has 4 N–H and O–H groups in total. The zero-order valence-corrected chi connectivity index (χ0v) is 11.3. The van der Waals surface area contributed by atoms with Crippen molar-refractivity contribution in [1.82, 2.24) is 5.32 Å². The molecule has 0 heterocycles. The summed E-state index contributed by atoms with van der Waals surface area (Å²) in [6.07, 6.45) is 0. The highest BCUT2D eigenvalue weighted by molar-refractivity contribution is 6.45. The molecule has 0 spiro atoms. The van der Waals surface area contributed by atoms with Gasteiger partial charge in [-0.15, -0.1) is 23.2 Å². The minimum atomic E-state index is -0.589. The highest BCUT2D eigenvalue weighted by Crippen LogP contribution is 2.20. The van der Waals surface area contributed by atoms with Gasteiger partial charge in [0, 0.05) is 13.1 Å². The quantitative estimate of drug-likeness (QED) is 0.695. The van der Waals surface area contributed by atoms with Crippen LogP contribution in [0, 0.1) is 0 Å². The van der Waals surface area contributed by atoms with Crippen LogP contribution in [0.1, 0.15) is 18.1 Å². The summed E-state index contributed by atoms with van der Waals surface area (Å²) in [6, 6.07) is 7.65. The number of hydrogen-bond donors (Lipinski definition) is 3. The van der Waals surface area contributed by atoms with Gasteiger partial charge in [0.2, 0.25) is 0 Å². The second-order valence-corrected chi connectivity index (χ2v) is 5.30. The summed E-state index contributed by atoms with van der Waals surface area (Å²) >= 11 is 11.8. The minimum Gasteiger partial charge on any atom is -0.392 e. The molecule has 0 bridgehead atoms. The van der Waals surface area contributed by atoms with Crippen LogP contribution >= 0.6 is 23.2 Å². The van der Waals surface area contributed by atoms with E-state index in [9.17, 15) is 5.11 Å². The average Bonchev–Trinajstić information content (AvgIpc) is 2.36. The van der Waals surface area contributed by atoms with Crippen LogP contribution in [0.15, 0.2) is 24.3 Å². The first-order valence-corrected chi connectivity index (χ1v) is 6.31. The fourth-order valence-electron chi connectivity index (χ4n) is 1.42. The van der Waals surface area contributed by atoms with Crippen LogP contribution in [0.4, 0.5) is 0 Å². The number of benzene rings is 1. The topological polar surface area (TPSA) is 58.3 Å². The zero-order chi connectivity index (χ0) is 12.9. The van der Waals surface area contributed by atoms with Gasteiger partial charge in [0.05, 0.1) is 12.1 Å². The maximum Gasteiger partial charge on any atom is 0.126 e. The monoisotopic (exact) mass is 276 g/mol. The summed E-state index contributed by atoms with van der Waals surface area (Å²) in [7, 11) is 0. The van der Waals surface area contributed by atoms with E-state index in [4.69, 9.17) is 28.9 Å². The first-order chi connectivity index (χ1) is 8.03. The second-order valence-electron chi connectivity index (χ2n) is 4.20. The summed E-state index contributed by atoms with van der Waals surface area (Å²) in [5, 5.41) is 12.4. The highest BCUT2D eigenvalue weighted by atomic mass is 35.5. The lowest BCUT2D eigenvalue weighted by Crippen LogP contribution is -2.53. The number of nitrogens with one attached hydrogen (secondary N) is 1. The Bertz CT molecular complexity index is 360. The molecule has 0 aliphatic carbocycles. The lowest BCUT2D eigenvalue weighted by Gasteiger charge is -2.31. The smallest absolute Gasteiger partial charge is 0.126 e. The fourth-order valence-corrected chi connectivity index (χ4v) is 1.75. The third-order valence-electron chi connectivity index (χ3n) is 2.88. The predicted molar refractivity (Wildman–Crippen MR) is 72.2 cm³/mol. The molecule has 17 heavy (non-hydrogen) atoms. The van der Waals surface area contributed by atoms with Crippen molar-refractivity contribution in [3.05, 3.63) is 35.4 Å². The first kappa shape index (κ1) is 14.7. The van der Waals surface area contributed by atoms with Crippen LogP contribution < -0.4 is 11.1 Å². The van der Waals surface area contributed by atoms with Crippen molar-refractivity contribution in [2.45, 2.75) is 30.5 Å². The summed E-state index contributed by atoms with van der Waals surface area (Å²) in [4.78, 5) is -0.589. The van der Waals surface area contributed by atoms with Crippen molar-refractivity contribution >= 4 is 23.2 Å². The number of halogens is 2. The normalized spacial score (nSPS) is 14.9. The Morgan fingerprint density at radius 2 is 1.94 bits per heavy atom. The summed E-state index contributed by atoms with van der Waals surface area (Å²) in [5.41, 5.74) is 7.03. The average molecular weight is 277 g/mol. The van der Waals surface area contributed by atoms with Crippen LogP contribution in [-0.4, -0.2) is 22.0 Å². The molecule has 1 aromatic carbocycles. The van der Waals surface area contributed by atoms with Gasteiger partial charge >= 0.3 is 0 Å². The molecule has 1 rings (SSSR count). The number of alkyl halides is 2. The van der Waals surface area contributed by atoms with Crippen molar-refractivity contribution in [3.8, 4) is 0 Å². The van der Waals surface area contributed by atoms with Gasteiger partial charge in [-0.1, -0.05) is 24.3 Å². The molecule has 0 radical (unpaired) electrons. The molecule has 1 aromatic rings. The van der Waals surface area contributed by atoms with Crippen molar-refractivity contribution in [2.24, 2.45) is 5.73 Å². The molecular weight excluding hydrogens is 259 g/mol. The second kappa shape index (κ2) is 6.57. The number of aliphatic hydroxyl groups excluding tert-OH is 1. The van der Waals surface area contributed by atoms with E-state index in [1.165, 1.54) is 0 Å². The van der Waals surface area contributed by atoms with Crippen molar-refractivity contribution < 1.29 is 5.11 Å². The highest BCUT2D eigenvalue weighted by Gasteiger charge is 2.29. The number of rotatable bonds is 6. The standard InChI is InChI=1S/C12H18Cl2N2O/c1-12(8-15,11(13)14)16-6-9-4-2-3-5-10(9)7-17/h2-5,11,16-17H,6-8,15H2,1H3. The van der Waals surface area contributed by atoms with E-state index in [0.717, 1.165) is 11.1 Å². The van der Waals surface area contributed by atoms with Gasteiger partial charge < -0.3 is 16.2 Å². The van der Waals surface area contributed by atoms with Crippen molar-refractivity contribution in [3.63, 3.8) is 0 Å². The summed E-state index contributed by atoms with van der Waals surface area (Å²) in [5.74, 6) is 0. The van der Waals surface area contributed by atoms with Gasteiger partial charge in [0.25, 0.3) is 0 Å². The SMILES string of the molecule is CC(CN)(NCc1ccccc1CO)C(Cl)Cl. The van der Waals surface area contributed by atoms with Crippen LogP contribution in [-0.2, 0) is 13.2 Å². The molecule has 1 unspecified atom stereocenters. The molecular formula is C12H18Cl2N2O. The van der Waals surface area contributed by atoms with Gasteiger partial charge in [-0.3, -0.25) is 0 Å². The van der Waals surface area contributed by atoms with Crippen molar-refractivity contribution in [1.29, 1.82) is 0 Å². The molecule has 0 saturated heterocycles. The maximum absolute atomic E-state index is 9.21. The van der Waals surface area contributed by atoms with Gasteiger partial charge in [0.1, 0.15) is 4.84 Å². The zero-order valence-electron chi connectivity index (χ0n) is 9.79. The lowest BCUT2D eigenvalue weighted by atomic mass is 10.0. The Balaban J connectivity index is 2.72. The van der Waals surface area contributed by atoms with Crippen molar-refractivity contribution in [2.75, 3.05) is 6.54 Å². The van der Waals surface area contributed by atoms with E-state index >= 15 is 0 Å². The molecule has 96 valence electrons. The molecule has 1 atom stereocenters. The minimum absolute atomic E-state index is 0.0162. The van der Waals surface area contributed by atoms with Crippen LogP contribution in [0.5, 0.6) is 0 Å². The molecule has 0 aliphatic heterocycles. The van der Waals surface area contributed by atoms with Gasteiger partial charge in [-0.2, -0.15) is 0 Å². The number of aliphatic hydroxyl groups is 1. The van der Waals surface area contributed by atoms with E-state index in [1.807, 2.05) is 31.2 Å². The Labute approximate surface area is 112 Å². The molecule has 5 heteroatoms. The summed E-state index contributed by atoms with van der Waals surface area (Å²) in [6.45, 7) is 2.80. The molecule has 0 saturated carbocycles. The Hall–Kier alpha value is -0.320. The predicted octanol–water partition coefficient (Wildman–Crippen LogP) is 1.79. The summed E-state index contributed by atoms with van der Waals surface area (Å²) < 4.78 is 0. The van der Waals surface area contributed by atoms with Crippen LogP contribution in [0.2, 0.25) is 0 Å². The Morgan fingerprint density at radius 3 is 2.41 bits per heavy atom.